The summed E-state index contributed by atoms with van der Waals surface area (Å²) in [6, 6.07) is 16.0. The lowest BCUT2D eigenvalue weighted by atomic mass is 9.69. The van der Waals surface area contributed by atoms with Crippen LogP contribution >= 0.6 is 0 Å². The summed E-state index contributed by atoms with van der Waals surface area (Å²) in [6.07, 6.45) is 5.43. The highest BCUT2D eigenvalue weighted by molar-refractivity contribution is 5.95. The number of amides is 2. The molecular weight excluding hydrogens is 350 g/mol. The second-order valence-electron chi connectivity index (χ2n) is 8.10. The Kier molecular flexibility index (Phi) is 4.56. The van der Waals surface area contributed by atoms with Crippen molar-refractivity contribution < 1.29 is 4.79 Å². The van der Waals surface area contributed by atoms with E-state index in [0.29, 0.717) is 12.2 Å². The number of nitrogens with zero attached hydrogens (tertiary/aromatic N) is 4. The lowest BCUT2D eigenvalue weighted by Crippen LogP contribution is -2.54. The maximum Gasteiger partial charge on any atom is 0.322 e. The Balaban J connectivity index is 1.54. The van der Waals surface area contributed by atoms with Gasteiger partial charge >= 0.3 is 6.03 Å². The number of carbonyl (C=O) groups excluding carboxylic acids is 1. The van der Waals surface area contributed by atoms with E-state index in [0.717, 1.165) is 31.4 Å². The van der Waals surface area contributed by atoms with Crippen molar-refractivity contribution in [1.29, 1.82) is 5.26 Å². The monoisotopic (exact) mass is 375 g/mol. The van der Waals surface area contributed by atoms with Crippen molar-refractivity contribution in [3.63, 3.8) is 0 Å². The van der Waals surface area contributed by atoms with Gasteiger partial charge in [0.05, 0.1) is 24.0 Å². The Labute approximate surface area is 165 Å². The van der Waals surface area contributed by atoms with Gasteiger partial charge in [0.1, 0.15) is 11.8 Å². The molecule has 1 saturated carbocycles. The van der Waals surface area contributed by atoms with E-state index in [1.807, 2.05) is 6.07 Å². The van der Waals surface area contributed by atoms with Gasteiger partial charge in [0, 0.05) is 5.54 Å². The fraction of sp³-hybridized carbons (Fsp3) is 0.409. The molecule has 1 aromatic heterocycles. The van der Waals surface area contributed by atoms with Crippen LogP contribution in [-0.2, 0) is 5.54 Å². The fourth-order valence-corrected chi connectivity index (χ4v) is 4.70. The Morgan fingerprint density at radius 2 is 1.82 bits per heavy atom. The first-order valence-corrected chi connectivity index (χ1v) is 9.67. The third kappa shape index (κ3) is 3.02. The van der Waals surface area contributed by atoms with Gasteiger partial charge in [0.15, 0.2) is 0 Å². The summed E-state index contributed by atoms with van der Waals surface area (Å²) in [4.78, 5) is 20.9. The molecule has 0 bridgehead atoms. The summed E-state index contributed by atoms with van der Waals surface area (Å²) in [5, 5.41) is 12.2. The van der Waals surface area contributed by atoms with Crippen LogP contribution in [0, 0.1) is 11.3 Å². The van der Waals surface area contributed by atoms with E-state index >= 15 is 0 Å². The van der Waals surface area contributed by atoms with Crippen LogP contribution in [-0.4, -0.2) is 42.1 Å². The van der Waals surface area contributed by atoms with Gasteiger partial charge < -0.3 is 5.32 Å². The predicted octanol–water partition coefficient (Wildman–Crippen LogP) is 3.25. The van der Waals surface area contributed by atoms with Crippen molar-refractivity contribution in [3.8, 4) is 6.07 Å². The largest absolute Gasteiger partial charge is 0.330 e. The number of urea groups is 1. The third-order valence-corrected chi connectivity index (χ3v) is 6.45. The molecule has 6 nitrogen and oxygen atoms in total. The summed E-state index contributed by atoms with van der Waals surface area (Å²) in [5.41, 5.74) is 2.22. The van der Waals surface area contributed by atoms with E-state index in [1.165, 1.54) is 5.56 Å². The summed E-state index contributed by atoms with van der Waals surface area (Å²) >= 11 is 0. The molecule has 2 fully saturated rings. The molecule has 0 unspecified atom stereocenters. The normalized spacial score (nSPS) is 27.1. The van der Waals surface area contributed by atoms with Crippen LogP contribution in [0.2, 0.25) is 0 Å². The van der Waals surface area contributed by atoms with E-state index in [9.17, 15) is 4.79 Å². The maximum atomic E-state index is 12.7. The highest BCUT2D eigenvalue weighted by atomic mass is 16.2. The minimum Gasteiger partial charge on any atom is -0.330 e. The van der Waals surface area contributed by atoms with E-state index in [-0.39, 0.29) is 17.1 Å². The summed E-state index contributed by atoms with van der Waals surface area (Å²) in [6.45, 7) is 0.637. The average Bonchev–Trinajstić information content (AvgIpc) is 3.05. The highest BCUT2D eigenvalue weighted by Gasteiger charge is 2.50. The Morgan fingerprint density at radius 1 is 1.11 bits per heavy atom. The quantitative estimate of drug-likeness (QED) is 0.894. The molecule has 0 radical (unpaired) electrons. The number of aromatic nitrogens is 1. The standard InChI is InChI=1S/C22H25N5O/c1-26(2)22(17-6-4-3-5-7-17)12-10-21(11-13-22)16-27(20(28)25-21)19-9-8-18(14-23)24-15-19/h3-9,15H,10-13,16H2,1-2H3,(H,25,28). The molecule has 144 valence electrons. The lowest BCUT2D eigenvalue weighted by molar-refractivity contribution is 0.0658. The third-order valence-electron chi connectivity index (χ3n) is 6.45. The molecule has 2 aromatic rings. The Bertz CT molecular complexity index is 893. The van der Waals surface area contributed by atoms with E-state index in [4.69, 9.17) is 5.26 Å². The molecule has 1 spiro atoms. The van der Waals surface area contributed by atoms with Crippen molar-refractivity contribution in [2.24, 2.45) is 0 Å². The van der Waals surface area contributed by atoms with E-state index < -0.39 is 0 Å². The first-order valence-electron chi connectivity index (χ1n) is 9.67. The molecule has 1 aliphatic heterocycles. The smallest absolute Gasteiger partial charge is 0.322 e. The van der Waals surface area contributed by atoms with Crippen LogP contribution in [0.3, 0.4) is 0 Å². The molecule has 28 heavy (non-hydrogen) atoms. The van der Waals surface area contributed by atoms with Crippen LogP contribution in [0.5, 0.6) is 0 Å². The Morgan fingerprint density at radius 3 is 2.39 bits per heavy atom. The molecule has 2 heterocycles. The average molecular weight is 375 g/mol. The van der Waals surface area contributed by atoms with Gasteiger partial charge in [0.2, 0.25) is 0 Å². The molecule has 2 aliphatic rings. The number of hydrogen-bond donors (Lipinski definition) is 1. The number of carbonyl (C=O) groups is 1. The van der Waals surface area contributed by atoms with Crippen molar-refractivity contribution in [1.82, 2.24) is 15.2 Å². The van der Waals surface area contributed by atoms with Crippen molar-refractivity contribution >= 4 is 11.7 Å². The number of pyridine rings is 1. The van der Waals surface area contributed by atoms with Crippen LogP contribution < -0.4 is 10.2 Å². The fourth-order valence-electron chi connectivity index (χ4n) is 4.70. The highest BCUT2D eigenvalue weighted by Crippen LogP contribution is 2.46. The van der Waals surface area contributed by atoms with Gasteiger partial charge in [-0.1, -0.05) is 30.3 Å². The molecule has 4 rings (SSSR count). The number of hydrogen-bond acceptors (Lipinski definition) is 4. The van der Waals surface area contributed by atoms with Crippen LogP contribution in [0.25, 0.3) is 0 Å². The van der Waals surface area contributed by atoms with Gasteiger partial charge in [-0.2, -0.15) is 5.26 Å². The SMILES string of the molecule is CN(C)C1(c2ccccc2)CCC2(CC1)CN(c1ccc(C#N)nc1)C(=O)N2. The minimum absolute atomic E-state index is 0.000652. The number of benzene rings is 1. The van der Waals surface area contributed by atoms with Crippen molar-refractivity contribution in [2.45, 2.75) is 36.8 Å². The van der Waals surface area contributed by atoms with E-state index in [1.54, 1.807) is 23.2 Å². The van der Waals surface area contributed by atoms with Crippen molar-refractivity contribution in [2.75, 3.05) is 25.5 Å². The molecular formula is C22H25N5O. The zero-order valence-electron chi connectivity index (χ0n) is 16.4. The lowest BCUT2D eigenvalue weighted by Gasteiger charge is -2.48. The molecule has 1 aromatic carbocycles. The van der Waals surface area contributed by atoms with Crippen molar-refractivity contribution in [3.05, 3.63) is 59.9 Å². The van der Waals surface area contributed by atoms with Crippen LogP contribution in [0.4, 0.5) is 10.5 Å². The molecule has 0 atom stereocenters. The van der Waals surface area contributed by atoms with Gasteiger partial charge in [-0.25, -0.2) is 9.78 Å². The van der Waals surface area contributed by atoms with Crippen LogP contribution in [0.15, 0.2) is 48.7 Å². The molecule has 1 aliphatic carbocycles. The first-order chi connectivity index (χ1) is 13.5. The zero-order chi connectivity index (χ0) is 19.8. The first kappa shape index (κ1) is 18.5. The van der Waals surface area contributed by atoms with E-state index in [2.05, 4.69) is 59.6 Å². The summed E-state index contributed by atoms with van der Waals surface area (Å²) < 4.78 is 0. The minimum atomic E-state index is -0.209. The summed E-state index contributed by atoms with van der Waals surface area (Å²) in [5.74, 6) is 0. The zero-order valence-corrected chi connectivity index (χ0v) is 16.4. The second kappa shape index (κ2) is 6.92. The predicted molar refractivity (Wildman–Crippen MR) is 108 cm³/mol. The van der Waals surface area contributed by atoms with Crippen LogP contribution in [0.1, 0.15) is 36.9 Å². The number of nitrogens with one attached hydrogen (secondary N) is 1. The van der Waals surface area contributed by atoms with Gasteiger partial charge in [0.25, 0.3) is 0 Å². The maximum absolute atomic E-state index is 12.7. The molecule has 1 N–H and O–H groups in total. The van der Waals surface area contributed by atoms with Gasteiger partial charge in [-0.05, 0) is 57.5 Å². The number of anilines is 1. The summed E-state index contributed by atoms with van der Waals surface area (Å²) in [7, 11) is 4.29. The topological polar surface area (TPSA) is 72.3 Å². The number of nitriles is 1. The van der Waals surface area contributed by atoms with Gasteiger partial charge in [-0.3, -0.25) is 9.80 Å². The Hall–Kier alpha value is -2.91. The number of rotatable bonds is 3. The van der Waals surface area contributed by atoms with Gasteiger partial charge in [-0.15, -0.1) is 0 Å². The molecule has 6 heteroatoms. The second-order valence-corrected chi connectivity index (χ2v) is 8.10. The molecule has 1 saturated heterocycles. The molecule has 2 amide bonds.